The summed E-state index contributed by atoms with van der Waals surface area (Å²) in [6, 6.07) is 8.39. The molecule has 3 nitrogen and oxygen atoms in total. The van der Waals surface area contributed by atoms with Gasteiger partial charge in [-0.3, -0.25) is 9.80 Å². The molecular formula is C18H30N2O. The molecule has 1 saturated heterocycles. The highest BCUT2D eigenvalue weighted by molar-refractivity contribution is 5.24. The van der Waals surface area contributed by atoms with Gasteiger partial charge in [-0.05, 0) is 40.2 Å². The summed E-state index contributed by atoms with van der Waals surface area (Å²) in [5.74, 6) is 0. The molecule has 1 heterocycles. The number of aryl methyl sites for hydroxylation is 1. The van der Waals surface area contributed by atoms with Gasteiger partial charge in [-0.1, -0.05) is 29.8 Å². The van der Waals surface area contributed by atoms with Crippen molar-refractivity contribution in [2.24, 2.45) is 0 Å². The van der Waals surface area contributed by atoms with Crippen molar-refractivity contribution in [1.82, 2.24) is 9.80 Å². The summed E-state index contributed by atoms with van der Waals surface area (Å²) in [6.07, 6.45) is -0.410. The fourth-order valence-corrected chi connectivity index (χ4v) is 3.04. The van der Waals surface area contributed by atoms with Crippen LogP contribution in [0.15, 0.2) is 24.3 Å². The number of hydrogen-bond acceptors (Lipinski definition) is 3. The summed E-state index contributed by atoms with van der Waals surface area (Å²) in [5.41, 5.74) is 2.49. The Morgan fingerprint density at radius 3 is 2.00 bits per heavy atom. The van der Waals surface area contributed by atoms with Crippen LogP contribution in [-0.4, -0.2) is 52.7 Å². The van der Waals surface area contributed by atoms with Crippen LogP contribution < -0.4 is 0 Å². The van der Waals surface area contributed by atoms with Crippen molar-refractivity contribution in [2.45, 2.75) is 52.3 Å². The Labute approximate surface area is 129 Å². The summed E-state index contributed by atoms with van der Waals surface area (Å²) >= 11 is 0. The van der Waals surface area contributed by atoms with Gasteiger partial charge in [-0.2, -0.15) is 0 Å². The largest absolute Gasteiger partial charge is 0.387 e. The van der Waals surface area contributed by atoms with Gasteiger partial charge in [-0.25, -0.2) is 0 Å². The molecule has 2 atom stereocenters. The average Bonchev–Trinajstić information content (AvgIpc) is 2.46. The van der Waals surface area contributed by atoms with E-state index in [0.717, 1.165) is 31.7 Å². The van der Waals surface area contributed by atoms with E-state index in [4.69, 9.17) is 0 Å². The Morgan fingerprint density at radius 1 is 1.00 bits per heavy atom. The monoisotopic (exact) mass is 290 g/mol. The molecule has 1 aromatic rings. The molecule has 0 aromatic heterocycles. The second-order valence-corrected chi connectivity index (χ2v) is 7.29. The van der Waals surface area contributed by atoms with Crippen LogP contribution >= 0.6 is 0 Å². The Balaban J connectivity index is 1.95. The molecule has 1 N–H and O–H groups in total. The third kappa shape index (κ3) is 4.06. The summed E-state index contributed by atoms with van der Waals surface area (Å²) in [5, 5.41) is 10.6. The molecule has 2 rings (SSSR count). The molecule has 0 bridgehead atoms. The number of hydrogen-bond donors (Lipinski definition) is 1. The van der Waals surface area contributed by atoms with E-state index >= 15 is 0 Å². The van der Waals surface area contributed by atoms with Crippen LogP contribution in [0.1, 0.15) is 44.9 Å². The molecule has 1 aromatic carbocycles. The summed E-state index contributed by atoms with van der Waals surface area (Å²) in [7, 11) is 0. The first-order valence-corrected chi connectivity index (χ1v) is 8.03. The van der Waals surface area contributed by atoms with Gasteiger partial charge in [0.05, 0.1) is 6.10 Å². The average molecular weight is 290 g/mol. The van der Waals surface area contributed by atoms with E-state index in [2.05, 4.69) is 56.6 Å². The Morgan fingerprint density at radius 2 is 1.52 bits per heavy atom. The SMILES string of the molecule is Cc1ccc(C(O)C(C)N2CCN(C(C)(C)C)CC2)cc1. The molecule has 1 aliphatic heterocycles. The first kappa shape index (κ1) is 16.5. The van der Waals surface area contributed by atoms with Gasteiger partial charge in [0.2, 0.25) is 0 Å². The molecule has 3 heteroatoms. The minimum atomic E-state index is -0.410. The van der Waals surface area contributed by atoms with Gasteiger partial charge in [-0.15, -0.1) is 0 Å². The fraction of sp³-hybridized carbons (Fsp3) is 0.667. The van der Waals surface area contributed by atoms with Gasteiger partial charge < -0.3 is 5.11 Å². The Bertz CT molecular complexity index is 441. The van der Waals surface area contributed by atoms with Crippen molar-refractivity contribution in [3.63, 3.8) is 0 Å². The van der Waals surface area contributed by atoms with Gasteiger partial charge in [0.15, 0.2) is 0 Å². The standard InChI is InChI=1S/C18H30N2O/c1-14-6-8-16(9-7-14)17(21)15(2)19-10-12-20(13-11-19)18(3,4)5/h6-9,15,17,21H,10-13H2,1-5H3. The van der Waals surface area contributed by atoms with Gasteiger partial charge in [0, 0.05) is 37.8 Å². The van der Waals surface area contributed by atoms with E-state index in [0.29, 0.717) is 0 Å². The van der Waals surface area contributed by atoms with Crippen molar-refractivity contribution >= 4 is 0 Å². The molecule has 0 spiro atoms. The van der Waals surface area contributed by atoms with Crippen LogP contribution in [-0.2, 0) is 0 Å². The Kier molecular flexibility index (Phi) is 5.07. The maximum atomic E-state index is 10.6. The Hall–Kier alpha value is -0.900. The molecule has 21 heavy (non-hydrogen) atoms. The van der Waals surface area contributed by atoms with Crippen LogP contribution in [0.25, 0.3) is 0 Å². The normalized spacial score (nSPS) is 21.2. The maximum Gasteiger partial charge on any atom is 0.0942 e. The number of aliphatic hydroxyl groups excluding tert-OH is 1. The first-order valence-electron chi connectivity index (χ1n) is 8.03. The zero-order valence-electron chi connectivity index (χ0n) is 14.1. The summed E-state index contributed by atoms with van der Waals surface area (Å²) < 4.78 is 0. The minimum Gasteiger partial charge on any atom is -0.387 e. The van der Waals surface area contributed by atoms with Gasteiger partial charge >= 0.3 is 0 Å². The maximum absolute atomic E-state index is 10.6. The highest BCUT2D eigenvalue weighted by Gasteiger charge is 2.30. The van der Waals surface area contributed by atoms with E-state index in [1.807, 2.05) is 12.1 Å². The van der Waals surface area contributed by atoms with Crippen molar-refractivity contribution in [1.29, 1.82) is 0 Å². The molecule has 0 radical (unpaired) electrons. The van der Waals surface area contributed by atoms with E-state index < -0.39 is 6.10 Å². The fourth-order valence-electron chi connectivity index (χ4n) is 3.04. The number of benzene rings is 1. The lowest BCUT2D eigenvalue weighted by atomic mass is 9.99. The molecule has 118 valence electrons. The predicted molar refractivity (Wildman–Crippen MR) is 88.5 cm³/mol. The number of nitrogens with zero attached hydrogens (tertiary/aromatic N) is 2. The molecule has 2 unspecified atom stereocenters. The summed E-state index contributed by atoms with van der Waals surface area (Å²) in [6.45, 7) is 15.2. The summed E-state index contributed by atoms with van der Waals surface area (Å²) in [4.78, 5) is 4.93. The van der Waals surface area contributed by atoms with Crippen molar-refractivity contribution < 1.29 is 5.11 Å². The minimum absolute atomic E-state index is 0.162. The van der Waals surface area contributed by atoms with Crippen LogP contribution in [0.3, 0.4) is 0 Å². The number of piperazine rings is 1. The molecule has 0 aliphatic carbocycles. The van der Waals surface area contributed by atoms with E-state index in [-0.39, 0.29) is 11.6 Å². The highest BCUT2D eigenvalue weighted by Crippen LogP contribution is 2.24. The van der Waals surface area contributed by atoms with E-state index in [1.54, 1.807) is 0 Å². The van der Waals surface area contributed by atoms with Gasteiger partial charge in [0.25, 0.3) is 0 Å². The molecular weight excluding hydrogens is 260 g/mol. The van der Waals surface area contributed by atoms with E-state index in [9.17, 15) is 5.11 Å². The first-order chi connectivity index (χ1) is 9.79. The lowest BCUT2D eigenvalue weighted by Crippen LogP contribution is -2.55. The van der Waals surface area contributed by atoms with Crippen molar-refractivity contribution in [3.8, 4) is 0 Å². The predicted octanol–water partition coefficient (Wildman–Crippen LogP) is 2.83. The van der Waals surface area contributed by atoms with Crippen LogP contribution in [0.4, 0.5) is 0 Å². The van der Waals surface area contributed by atoms with Crippen LogP contribution in [0.5, 0.6) is 0 Å². The second kappa shape index (κ2) is 6.47. The highest BCUT2D eigenvalue weighted by atomic mass is 16.3. The third-order valence-corrected chi connectivity index (χ3v) is 4.71. The van der Waals surface area contributed by atoms with Crippen molar-refractivity contribution in [3.05, 3.63) is 35.4 Å². The van der Waals surface area contributed by atoms with Crippen LogP contribution in [0, 0.1) is 6.92 Å². The molecule has 1 fully saturated rings. The third-order valence-electron chi connectivity index (χ3n) is 4.71. The molecule has 1 aliphatic rings. The zero-order chi connectivity index (χ0) is 15.6. The van der Waals surface area contributed by atoms with Gasteiger partial charge in [0.1, 0.15) is 0 Å². The second-order valence-electron chi connectivity index (χ2n) is 7.29. The lowest BCUT2D eigenvalue weighted by molar-refractivity contribution is 0.00308. The zero-order valence-corrected chi connectivity index (χ0v) is 14.1. The number of rotatable bonds is 3. The lowest BCUT2D eigenvalue weighted by Gasteiger charge is -2.44. The number of aliphatic hydroxyl groups is 1. The molecule has 0 amide bonds. The van der Waals surface area contributed by atoms with Crippen molar-refractivity contribution in [2.75, 3.05) is 26.2 Å². The smallest absolute Gasteiger partial charge is 0.0942 e. The quantitative estimate of drug-likeness (QED) is 0.927. The molecule has 0 saturated carbocycles. The topological polar surface area (TPSA) is 26.7 Å². The van der Waals surface area contributed by atoms with Crippen LogP contribution in [0.2, 0.25) is 0 Å². The van der Waals surface area contributed by atoms with E-state index in [1.165, 1.54) is 5.56 Å².